The molecule has 118 valence electrons. The number of rotatable bonds is 10. The van der Waals surface area contributed by atoms with Crippen LogP contribution < -0.4 is 10.5 Å². The maximum Gasteiger partial charge on any atom is 0.215 e. The Labute approximate surface area is 132 Å². The number of pyridine rings is 1. The van der Waals surface area contributed by atoms with E-state index in [2.05, 4.69) is 17.1 Å². The van der Waals surface area contributed by atoms with Gasteiger partial charge in [-0.15, -0.1) is 0 Å². The number of hydrogen-bond acceptors (Lipinski definition) is 4. The van der Waals surface area contributed by atoms with Gasteiger partial charge in [0.1, 0.15) is 5.82 Å². The predicted octanol–water partition coefficient (Wildman–Crippen LogP) is 3.82. The van der Waals surface area contributed by atoms with Crippen LogP contribution >= 0.6 is 0 Å². The number of nitrogen functional groups attached to an aromatic ring is 1. The van der Waals surface area contributed by atoms with Crippen molar-refractivity contribution in [2.45, 2.75) is 32.3 Å². The fourth-order valence-electron chi connectivity index (χ4n) is 2.11. The SMILES string of the molecule is Nc1cccc(OCCCCCCOCc2ccccc2)n1. The molecule has 0 atom stereocenters. The van der Waals surface area contributed by atoms with Gasteiger partial charge in [-0.2, -0.15) is 4.98 Å². The van der Waals surface area contributed by atoms with E-state index >= 15 is 0 Å². The van der Waals surface area contributed by atoms with Gasteiger partial charge in [-0.3, -0.25) is 0 Å². The molecule has 0 amide bonds. The average molecular weight is 300 g/mol. The molecule has 0 aliphatic heterocycles. The van der Waals surface area contributed by atoms with Crippen molar-refractivity contribution < 1.29 is 9.47 Å². The molecule has 0 unspecified atom stereocenters. The molecule has 0 bridgehead atoms. The molecule has 0 spiro atoms. The number of anilines is 1. The summed E-state index contributed by atoms with van der Waals surface area (Å²) in [7, 11) is 0. The number of aromatic nitrogens is 1. The highest BCUT2D eigenvalue weighted by Crippen LogP contribution is 2.10. The van der Waals surface area contributed by atoms with Crippen LogP contribution in [0.25, 0.3) is 0 Å². The van der Waals surface area contributed by atoms with Crippen LogP contribution in [-0.2, 0) is 11.3 Å². The van der Waals surface area contributed by atoms with Gasteiger partial charge in [-0.1, -0.05) is 42.8 Å². The fourth-order valence-corrected chi connectivity index (χ4v) is 2.11. The number of benzene rings is 1. The van der Waals surface area contributed by atoms with Crippen LogP contribution in [0.3, 0.4) is 0 Å². The summed E-state index contributed by atoms with van der Waals surface area (Å²) in [6.45, 7) is 2.19. The van der Waals surface area contributed by atoms with Crippen LogP contribution in [0.4, 0.5) is 5.82 Å². The summed E-state index contributed by atoms with van der Waals surface area (Å²) in [5.74, 6) is 1.10. The summed E-state index contributed by atoms with van der Waals surface area (Å²) in [5.41, 5.74) is 6.82. The topological polar surface area (TPSA) is 57.4 Å². The first-order valence-corrected chi connectivity index (χ1v) is 7.81. The van der Waals surface area contributed by atoms with E-state index in [-0.39, 0.29) is 0 Å². The van der Waals surface area contributed by atoms with Gasteiger partial charge in [0.05, 0.1) is 13.2 Å². The molecular formula is C18H24N2O2. The van der Waals surface area contributed by atoms with Crippen molar-refractivity contribution in [3.63, 3.8) is 0 Å². The Balaban J connectivity index is 1.43. The van der Waals surface area contributed by atoms with Gasteiger partial charge in [0.25, 0.3) is 0 Å². The molecule has 2 aromatic rings. The lowest BCUT2D eigenvalue weighted by Gasteiger charge is -2.06. The van der Waals surface area contributed by atoms with Crippen LogP contribution in [0.5, 0.6) is 5.88 Å². The Bertz CT molecular complexity index is 532. The Morgan fingerprint density at radius 3 is 2.36 bits per heavy atom. The van der Waals surface area contributed by atoms with Gasteiger partial charge in [0.15, 0.2) is 0 Å². The average Bonchev–Trinajstić information content (AvgIpc) is 2.54. The highest BCUT2D eigenvalue weighted by atomic mass is 16.5. The van der Waals surface area contributed by atoms with Gasteiger partial charge in [0.2, 0.25) is 5.88 Å². The van der Waals surface area contributed by atoms with Crippen molar-refractivity contribution in [2.24, 2.45) is 0 Å². The number of hydrogen-bond donors (Lipinski definition) is 1. The first kappa shape index (κ1) is 16.3. The molecule has 2 N–H and O–H groups in total. The highest BCUT2D eigenvalue weighted by Gasteiger charge is 1.97. The van der Waals surface area contributed by atoms with Crippen LogP contribution in [0.15, 0.2) is 48.5 Å². The highest BCUT2D eigenvalue weighted by molar-refractivity contribution is 5.30. The predicted molar refractivity (Wildman–Crippen MR) is 88.7 cm³/mol. The van der Waals surface area contributed by atoms with Crippen molar-refractivity contribution in [3.8, 4) is 5.88 Å². The van der Waals surface area contributed by atoms with Crippen molar-refractivity contribution in [1.29, 1.82) is 0 Å². The lowest BCUT2D eigenvalue weighted by Crippen LogP contribution is -2.01. The number of nitrogens with two attached hydrogens (primary N) is 1. The Morgan fingerprint density at radius 1 is 0.818 bits per heavy atom. The Morgan fingerprint density at radius 2 is 1.59 bits per heavy atom. The third kappa shape index (κ3) is 6.59. The molecule has 1 aromatic carbocycles. The second-order valence-corrected chi connectivity index (χ2v) is 5.20. The van der Waals surface area contributed by atoms with Gasteiger partial charge >= 0.3 is 0 Å². The molecule has 0 saturated heterocycles. The minimum absolute atomic E-state index is 0.494. The molecule has 1 aromatic heterocycles. The molecule has 0 saturated carbocycles. The molecule has 0 radical (unpaired) electrons. The van der Waals surface area contributed by atoms with E-state index in [1.165, 1.54) is 5.56 Å². The number of nitrogens with zero attached hydrogens (tertiary/aromatic N) is 1. The molecule has 2 rings (SSSR count). The quantitative estimate of drug-likeness (QED) is 0.678. The van der Waals surface area contributed by atoms with Crippen LogP contribution in [-0.4, -0.2) is 18.2 Å². The largest absolute Gasteiger partial charge is 0.478 e. The van der Waals surface area contributed by atoms with Crippen molar-refractivity contribution >= 4 is 5.82 Å². The summed E-state index contributed by atoms with van der Waals surface area (Å²) in [6, 6.07) is 15.7. The van der Waals surface area contributed by atoms with Gasteiger partial charge in [-0.05, 0) is 30.9 Å². The first-order valence-electron chi connectivity index (χ1n) is 7.81. The lowest BCUT2D eigenvalue weighted by molar-refractivity contribution is 0.116. The molecule has 4 heteroatoms. The van der Waals surface area contributed by atoms with Crippen molar-refractivity contribution in [2.75, 3.05) is 18.9 Å². The molecule has 0 aliphatic carbocycles. The van der Waals surface area contributed by atoms with E-state index in [1.54, 1.807) is 6.07 Å². The summed E-state index contributed by atoms with van der Waals surface area (Å²) in [4.78, 5) is 4.10. The maximum atomic E-state index is 5.65. The summed E-state index contributed by atoms with van der Waals surface area (Å²) >= 11 is 0. The van der Waals surface area contributed by atoms with Crippen molar-refractivity contribution in [3.05, 3.63) is 54.1 Å². The lowest BCUT2D eigenvalue weighted by atomic mass is 10.2. The number of unbranched alkanes of at least 4 members (excludes halogenated alkanes) is 3. The third-order valence-electron chi connectivity index (χ3n) is 3.29. The van der Waals surface area contributed by atoms with Gasteiger partial charge in [-0.25, -0.2) is 0 Å². The minimum atomic E-state index is 0.494. The first-order chi connectivity index (χ1) is 10.8. The Hall–Kier alpha value is -2.07. The van der Waals surface area contributed by atoms with E-state index in [4.69, 9.17) is 15.2 Å². The van der Waals surface area contributed by atoms with Crippen LogP contribution in [0.2, 0.25) is 0 Å². The normalized spacial score (nSPS) is 10.5. The zero-order valence-corrected chi connectivity index (χ0v) is 12.9. The summed E-state index contributed by atoms with van der Waals surface area (Å²) in [5, 5.41) is 0. The van der Waals surface area contributed by atoms with Crippen molar-refractivity contribution in [1.82, 2.24) is 4.98 Å². The number of ether oxygens (including phenoxy) is 2. The molecule has 0 fully saturated rings. The van der Waals surface area contributed by atoms with E-state index in [1.807, 2.05) is 30.3 Å². The smallest absolute Gasteiger partial charge is 0.215 e. The third-order valence-corrected chi connectivity index (χ3v) is 3.29. The van der Waals surface area contributed by atoms with Crippen LogP contribution in [0, 0.1) is 0 Å². The zero-order valence-electron chi connectivity index (χ0n) is 12.9. The summed E-state index contributed by atoms with van der Waals surface area (Å²) in [6.07, 6.45) is 4.40. The molecular weight excluding hydrogens is 276 g/mol. The van der Waals surface area contributed by atoms with E-state index < -0.39 is 0 Å². The maximum absolute atomic E-state index is 5.65. The van der Waals surface area contributed by atoms with Crippen LogP contribution in [0.1, 0.15) is 31.2 Å². The van der Waals surface area contributed by atoms with Gasteiger partial charge in [0, 0.05) is 12.7 Å². The second kappa shape index (κ2) is 9.79. The molecule has 4 nitrogen and oxygen atoms in total. The molecule has 0 aliphatic rings. The van der Waals surface area contributed by atoms with Gasteiger partial charge < -0.3 is 15.2 Å². The standard InChI is InChI=1S/C18H24N2O2/c19-17-11-8-12-18(20-17)22-14-7-2-1-6-13-21-15-16-9-4-3-5-10-16/h3-5,8-12H,1-2,6-7,13-15H2,(H2,19,20). The van der Waals surface area contributed by atoms with E-state index in [0.29, 0.717) is 24.9 Å². The second-order valence-electron chi connectivity index (χ2n) is 5.20. The molecule has 22 heavy (non-hydrogen) atoms. The summed E-state index contributed by atoms with van der Waals surface area (Å²) < 4.78 is 11.2. The zero-order chi connectivity index (χ0) is 15.5. The monoisotopic (exact) mass is 300 g/mol. The van der Waals surface area contributed by atoms with E-state index in [9.17, 15) is 0 Å². The molecule has 1 heterocycles. The Kier molecular flexibility index (Phi) is 7.26. The van der Waals surface area contributed by atoms with E-state index in [0.717, 1.165) is 32.3 Å². The fraction of sp³-hybridized carbons (Fsp3) is 0.389. The minimum Gasteiger partial charge on any atom is -0.478 e.